The molecular weight excluding hydrogens is 510 g/mol. The van der Waals surface area contributed by atoms with E-state index in [1.54, 1.807) is 0 Å². The average molecular weight is 540 g/mol. The van der Waals surface area contributed by atoms with E-state index < -0.39 is 0 Å². The molecule has 2 aromatic heterocycles. The first-order valence-electron chi connectivity index (χ1n) is 13.3. The zero-order valence-electron chi connectivity index (χ0n) is 21.6. The van der Waals surface area contributed by atoms with Crippen LogP contribution in [0.5, 0.6) is 11.5 Å². The molecule has 0 amide bonds. The molecule has 0 atom stereocenters. The van der Waals surface area contributed by atoms with E-state index >= 15 is 0 Å². The van der Waals surface area contributed by atoms with E-state index in [0.717, 1.165) is 46.2 Å². The summed E-state index contributed by atoms with van der Waals surface area (Å²) in [5.41, 5.74) is 4.57. The Kier molecular flexibility index (Phi) is 7.61. The summed E-state index contributed by atoms with van der Waals surface area (Å²) >= 11 is 6.10. The lowest BCUT2D eigenvalue weighted by Gasteiger charge is -2.15. The largest absolute Gasteiger partial charge is 0.492 e. The number of hydrogen-bond donors (Lipinski definition) is 1. The van der Waals surface area contributed by atoms with Crippen molar-refractivity contribution < 1.29 is 9.47 Å². The molecule has 5 aromatic rings. The molecule has 0 aliphatic carbocycles. The molecule has 1 fully saturated rings. The number of anilines is 2. The standard InChI is InChI=1S/C31H30ClN5O2/c32-25-8-3-6-23(20-25)22-39-28-9-4-7-24(21-28)29-10-5-11-30-34-31(35-37(29)30)33-26-12-14-27(15-13-26)38-19-18-36-16-1-2-17-36/h3-15,20-21H,1-2,16-19,22H2,(H,33,35). The second-order valence-corrected chi connectivity index (χ2v) is 10.0. The maximum absolute atomic E-state index is 6.10. The predicted octanol–water partition coefficient (Wildman–Crippen LogP) is 6.85. The van der Waals surface area contributed by atoms with Crippen LogP contribution in [0.4, 0.5) is 11.6 Å². The molecule has 0 spiro atoms. The van der Waals surface area contributed by atoms with Crippen molar-refractivity contribution >= 4 is 28.9 Å². The first-order chi connectivity index (χ1) is 19.2. The molecule has 0 unspecified atom stereocenters. The summed E-state index contributed by atoms with van der Waals surface area (Å²) in [7, 11) is 0. The Labute approximate surface area is 233 Å². The minimum absolute atomic E-state index is 0.438. The second kappa shape index (κ2) is 11.8. The summed E-state index contributed by atoms with van der Waals surface area (Å²) in [6, 6.07) is 29.5. The molecule has 0 saturated carbocycles. The summed E-state index contributed by atoms with van der Waals surface area (Å²) in [6.07, 6.45) is 2.59. The summed E-state index contributed by atoms with van der Waals surface area (Å²) in [5.74, 6) is 2.16. The van der Waals surface area contributed by atoms with Crippen LogP contribution in [0.3, 0.4) is 0 Å². The number of halogens is 1. The predicted molar refractivity (Wildman–Crippen MR) is 155 cm³/mol. The van der Waals surface area contributed by atoms with Gasteiger partial charge in [0, 0.05) is 22.8 Å². The summed E-state index contributed by atoms with van der Waals surface area (Å²) in [4.78, 5) is 7.13. The summed E-state index contributed by atoms with van der Waals surface area (Å²) < 4.78 is 13.8. The molecule has 0 radical (unpaired) electrons. The molecule has 8 heteroatoms. The Morgan fingerprint density at radius 2 is 1.64 bits per heavy atom. The van der Waals surface area contributed by atoms with Crippen LogP contribution in [0, 0.1) is 0 Å². The van der Waals surface area contributed by atoms with Crippen molar-refractivity contribution in [1.29, 1.82) is 0 Å². The highest BCUT2D eigenvalue weighted by Gasteiger charge is 2.12. The molecule has 6 rings (SSSR count). The van der Waals surface area contributed by atoms with Gasteiger partial charge in [0.25, 0.3) is 0 Å². The zero-order valence-corrected chi connectivity index (χ0v) is 22.3. The Bertz CT molecular complexity index is 1550. The second-order valence-electron chi connectivity index (χ2n) is 9.61. The molecule has 0 bridgehead atoms. The van der Waals surface area contributed by atoms with Gasteiger partial charge >= 0.3 is 0 Å². The number of likely N-dealkylation sites (tertiary alicyclic amines) is 1. The van der Waals surface area contributed by atoms with Gasteiger partial charge in [-0.05, 0) is 92.2 Å². The highest BCUT2D eigenvalue weighted by Crippen LogP contribution is 2.26. The lowest BCUT2D eigenvalue weighted by Crippen LogP contribution is -2.25. The van der Waals surface area contributed by atoms with Gasteiger partial charge in [0.15, 0.2) is 5.65 Å². The number of ether oxygens (including phenoxy) is 2. The molecule has 7 nitrogen and oxygen atoms in total. The topological polar surface area (TPSA) is 63.9 Å². The molecule has 1 saturated heterocycles. The molecule has 1 aliphatic rings. The third-order valence-corrected chi connectivity index (χ3v) is 7.00. The third kappa shape index (κ3) is 6.33. The van der Waals surface area contributed by atoms with Crippen LogP contribution in [0.1, 0.15) is 18.4 Å². The molecule has 1 aliphatic heterocycles. The molecule has 3 aromatic carbocycles. The van der Waals surface area contributed by atoms with Crippen molar-refractivity contribution in [2.75, 3.05) is 31.6 Å². The summed E-state index contributed by atoms with van der Waals surface area (Å²) in [5, 5.41) is 8.75. The number of nitrogens with zero attached hydrogens (tertiary/aromatic N) is 4. The van der Waals surface area contributed by atoms with Crippen LogP contribution in [-0.2, 0) is 6.61 Å². The maximum atomic E-state index is 6.10. The van der Waals surface area contributed by atoms with E-state index in [4.69, 9.17) is 26.2 Å². The fourth-order valence-electron chi connectivity index (χ4n) is 4.78. The first kappa shape index (κ1) is 25.2. The number of fused-ring (bicyclic) bond motifs is 1. The number of pyridine rings is 1. The van der Waals surface area contributed by atoms with Crippen LogP contribution >= 0.6 is 11.6 Å². The van der Waals surface area contributed by atoms with Gasteiger partial charge in [-0.15, -0.1) is 5.10 Å². The van der Waals surface area contributed by atoms with Gasteiger partial charge in [-0.1, -0.05) is 41.9 Å². The number of benzene rings is 3. The van der Waals surface area contributed by atoms with Crippen molar-refractivity contribution in [2.24, 2.45) is 0 Å². The highest BCUT2D eigenvalue weighted by atomic mass is 35.5. The molecule has 39 heavy (non-hydrogen) atoms. The average Bonchev–Trinajstić information content (AvgIpc) is 3.63. The SMILES string of the molecule is Clc1cccc(COc2cccc(-c3cccc4nc(Nc5ccc(OCCN6CCCC6)cc5)nn34)c2)c1. The minimum Gasteiger partial charge on any atom is -0.492 e. The van der Waals surface area contributed by atoms with Gasteiger partial charge in [0.1, 0.15) is 24.7 Å². The van der Waals surface area contributed by atoms with Gasteiger partial charge in [0.2, 0.25) is 5.95 Å². The van der Waals surface area contributed by atoms with Crippen molar-refractivity contribution in [2.45, 2.75) is 19.4 Å². The van der Waals surface area contributed by atoms with Crippen LogP contribution in [0.15, 0.2) is 91.0 Å². The quantitative estimate of drug-likeness (QED) is 0.209. The van der Waals surface area contributed by atoms with E-state index in [1.165, 1.54) is 25.9 Å². The van der Waals surface area contributed by atoms with Crippen LogP contribution in [0.25, 0.3) is 16.9 Å². The Morgan fingerprint density at radius 3 is 2.49 bits per heavy atom. The van der Waals surface area contributed by atoms with Crippen molar-refractivity contribution in [1.82, 2.24) is 19.5 Å². The van der Waals surface area contributed by atoms with Crippen LogP contribution in [0.2, 0.25) is 5.02 Å². The minimum atomic E-state index is 0.438. The van der Waals surface area contributed by atoms with Crippen molar-refractivity contribution in [3.8, 4) is 22.8 Å². The van der Waals surface area contributed by atoms with Gasteiger partial charge in [-0.3, -0.25) is 4.90 Å². The van der Waals surface area contributed by atoms with E-state index in [2.05, 4.69) is 15.2 Å². The number of rotatable bonds is 10. The number of nitrogens with one attached hydrogen (secondary N) is 1. The Balaban J connectivity index is 1.13. The lowest BCUT2D eigenvalue weighted by atomic mass is 10.1. The van der Waals surface area contributed by atoms with E-state index in [0.29, 0.717) is 24.2 Å². The van der Waals surface area contributed by atoms with Crippen LogP contribution in [-0.4, -0.2) is 45.7 Å². The molecule has 1 N–H and O–H groups in total. The lowest BCUT2D eigenvalue weighted by molar-refractivity contribution is 0.238. The van der Waals surface area contributed by atoms with Crippen molar-refractivity contribution in [3.05, 3.63) is 102 Å². The van der Waals surface area contributed by atoms with Gasteiger partial charge < -0.3 is 14.8 Å². The zero-order chi connectivity index (χ0) is 26.4. The monoisotopic (exact) mass is 539 g/mol. The number of aromatic nitrogens is 3. The molecule has 198 valence electrons. The van der Waals surface area contributed by atoms with E-state index in [-0.39, 0.29) is 0 Å². The molecular formula is C31H30ClN5O2. The van der Waals surface area contributed by atoms with Gasteiger partial charge in [-0.25, -0.2) is 4.52 Å². The fourth-order valence-corrected chi connectivity index (χ4v) is 4.99. The smallest absolute Gasteiger partial charge is 0.247 e. The third-order valence-electron chi connectivity index (χ3n) is 6.77. The Hall–Kier alpha value is -4.07. The summed E-state index contributed by atoms with van der Waals surface area (Å²) in [6.45, 7) is 4.49. The molecule has 3 heterocycles. The van der Waals surface area contributed by atoms with Gasteiger partial charge in [0.05, 0.1) is 5.69 Å². The fraction of sp³-hybridized carbons (Fsp3) is 0.226. The van der Waals surface area contributed by atoms with Crippen molar-refractivity contribution in [3.63, 3.8) is 0 Å². The normalized spacial score (nSPS) is 13.6. The Morgan fingerprint density at radius 1 is 0.821 bits per heavy atom. The maximum Gasteiger partial charge on any atom is 0.247 e. The van der Waals surface area contributed by atoms with E-state index in [9.17, 15) is 0 Å². The van der Waals surface area contributed by atoms with E-state index in [1.807, 2.05) is 95.5 Å². The number of hydrogen-bond acceptors (Lipinski definition) is 6. The highest BCUT2D eigenvalue weighted by molar-refractivity contribution is 6.30. The van der Waals surface area contributed by atoms with Gasteiger partial charge in [-0.2, -0.15) is 4.98 Å². The van der Waals surface area contributed by atoms with Crippen LogP contribution < -0.4 is 14.8 Å². The first-order valence-corrected chi connectivity index (χ1v) is 13.6.